The van der Waals surface area contributed by atoms with E-state index in [1.165, 1.54) is 13.8 Å². The third-order valence-electron chi connectivity index (χ3n) is 4.14. The molecule has 1 fully saturated rings. The summed E-state index contributed by atoms with van der Waals surface area (Å²) in [5.41, 5.74) is 1.06. The van der Waals surface area contributed by atoms with Crippen molar-refractivity contribution < 1.29 is 23.8 Å². The largest absolute Gasteiger partial charge is 0.456 e. The van der Waals surface area contributed by atoms with Gasteiger partial charge in [-0.25, -0.2) is 4.98 Å². The first-order valence-corrected chi connectivity index (χ1v) is 8.82. The smallest absolute Gasteiger partial charge is 0.303 e. The third kappa shape index (κ3) is 3.61. The number of carbonyl (C=O) groups is 2. The monoisotopic (exact) mass is 410 g/mol. The molecule has 0 unspecified atom stereocenters. The minimum absolute atomic E-state index is 0.237. The average Bonchev–Trinajstić information content (AvgIpc) is 3.06. The Labute approximate surface area is 165 Å². The van der Waals surface area contributed by atoms with Crippen molar-refractivity contribution in [3.63, 3.8) is 0 Å². The number of nitrogens with zero attached hydrogens (tertiary/aromatic N) is 2. The number of esters is 2. The van der Waals surface area contributed by atoms with Gasteiger partial charge in [-0.3, -0.25) is 14.2 Å². The van der Waals surface area contributed by atoms with Gasteiger partial charge in [0.25, 0.3) is 0 Å². The average molecular weight is 411 g/mol. The second-order valence-corrected chi connectivity index (χ2v) is 6.90. The minimum Gasteiger partial charge on any atom is -0.456 e. The van der Waals surface area contributed by atoms with Crippen LogP contribution in [0.4, 0.5) is 0 Å². The van der Waals surface area contributed by atoms with Gasteiger partial charge in [-0.1, -0.05) is 23.2 Å². The van der Waals surface area contributed by atoms with Crippen LogP contribution in [-0.4, -0.2) is 39.8 Å². The van der Waals surface area contributed by atoms with Crippen molar-refractivity contribution in [2.45, 2.75) is 45.3 Å². The van der Waals surface area contributed by atoms with Crippen LogP contribution in [0, 0.1) is 12.3 Å². The molecule has 0 N–H and O–H groups in total. The highest BCUT2D eigenvalue weighted by molar-refractivity contribution is 6.42. The van der Waals surface area contributed by atoms with Crippen LogP contribution in [0.2, 0.25) is 10.0 Å². The maximum Gasteiger partial charge on any atom is 0.303 e. The Bertz CT molecular complexity index is 965. The van der Waals surface area contributed by atoms with Gasteiger partial charge in [-0.2, -0.15) is 0 Å². The van der Waals surface area contributed by atoms with Gasteiger partial charge in [0, 0.05) is 13.8 Å². The Morgan fingerprint density at radius 3 is 2.37 bits per heavy atom. The van der Waals surface area contributed by atoms with E-state index in [0.717, 1.165) is 0 Å². The SMILES string of the molecule is C#Cc1nc2cc(Cl)c(Cl)cc2n1[C@@H]1O[C@H](C)[C@@H](OC(C)=O)[C@H]1OC(C)=O. The van der Waals surface area contributed by atoms with E-state index in [4.69, 9.17) is 43.8 Å². The van der Waals surface area contributed by atoms with Crippen molar-refractivity contribution in [2.24, 2.45) is 0 Å². The zero-order valence-corrected chi connectivity index (χ0v) is 16.2. The second kappa shape index (κ2) is 7.39. The Hall–Kier alpha value is -2.27. The Balaban J connectivity index is 2.15. The predicted molar refractivity (Wildman–Crippen MR) is 98.4 cm³/mol. The topological polar surface area (TPSA) is 79.7 Å². The molecule has 2 aromatic rings. The zero-order chi connectivity index (χ0) is 19.9. The Morgan fingerprint density at radius 2 is 1.78 bits per heavy atom. The number of imidazole rings is 1. The predicted octanol–water partition coefficient (Wildman–Crippen LogP) is 3.11. The summed E-state index contributed by atoms with van der Waals surface area (Å²) in [6.45, 7) is 4.24. The number of carbonyl (C=O) groups excluding carboxylic acids is 2. The molecule has 9 heteroatoms. The highest BCUT2D eigenvalue weighted by atomic mass is 35.5. The number of ether oxygens (including phenoxy) is 3. The highest BCUT2D eigenvalue weighted by Gasteiger charge is 2.49. The molecule has 1 aromatic carbocycles. The number of hydrogen-bond acceptors (Lipinski definition) is 6. The molecule has 27 heavy (non-hydrogen) atoms. The van der Waals surface area contributed by atoms with Crippen molar-refractivity contribution in [2.75, 3.05) is 0 Å². The fourth-order valence-corrected chi connectivity index (χ4v) is 3.45. The molecule has 1 saturated heterocycles. The van der Waals surface area contributed by atoms with E-state index in [1.54, 1.807) is 23.6 Å². The molecule has 3 rings (SSSR count). The van der Waals surface area contributed by atoms with Crippen molar-refractivity contribution in [3.8, 4) is 12.3 Å². The summed E-state index contributed by atoms with van der Waals surface area (Å²) in [5.74, 6) is 1.65. The summed E-state index contributed by atoms with van der Waals surface area (Å²) >= 11 is 12.2. The van der Waals surface area contributed by atoms with Crippen LogP contribution >= 0.6 is 23.2 Å². The van der Waals surface area contributed by atoms with Gasteiger partial charge in [-0.05, 0) is 25.0 Å². The maximum absolute atomic E-state index is 11.6. The lowest BCUT2D eigenvalue weighted by molar-refractivity contribution is -0.165. The van der Waals surface area contributed by atoms with Crippen molar-refractivity contribution in [1.82, 2.24) is 9.55 Å². The number of rotatable bonds is 3. The molecule has 0 radical (unpaired) electrons. The number of hydrogen-bond donors (Lipinski definition) is 0. The first-order valence-electron chi connectivity index (χ1n) is 8.06. The van der Waals surface area contributed by atoms with Gasteiger partial charge in [0.2, 0.25) is 0 Å². The lowest BCUT2D eigenvalue weighted by Gasteiger charge is -2.24. The zero-order valence-electron chi connectivity index (χ0n) is 14.7. The molecular formula is C18H16Cl2N2O5. The van der Waals surface area contributed by atoms with Crippen LogP contribution in [0.15, 0.2) is 12.1 Å². The number of terminal acetylenes is 1. The molecule has 2 heterocycles. The quantitative estimate of drug-likeness (QED) is 0.571. The second-order valence-electron chi connectivity index (χ2n) is 6.08. The van der Waals surface area contributed by atoms with Crippen molar-refractivity contribution in [1.29, 1.82) is 0 Å². The molecule has 0 bridgehead atoms. The van der Waals surface area contributed by atoms with E-state index in [9.17, 15) is 9.59 Å². The summed E-state index contributed by atoms with van der Waals surface area (Å²) in [7, 11) is 0. The van der Waals surface area contributed by atoms with E-state index in [1.807, 2.05) is 0 Å². The summed E-state index contributed by atoms with van der Waals surface area (Å²) in [5, 5.41) is 0.632. The van der Waals surface area contributed by atoms with Gasteiger partial charge >= 0.3 is 11.9 Å². The van der Waals surface area contributed by atoms with Gasteiger partial charge in [-0.15, -0.1) is 6.42 Å². The highest BCUT2D eigenvalue weighted by Crippen LogP contribution is 2.38. The van der Waals surface area contributed by atoms with Crippen LogP contribution in [0.25, 0.3) is 11.0 Å². The molecule has 0 saturated carbocycles. The fourth-order valence-electron chi connectivity index (χ4n) is 3.13. The first kappa shape index (κ1) is 19.5. The van der Waals surface area contributed by atoms with Gasteiger partial charge in [0.15, 0.2) is 24.3 Å². The van der Waals surface area contributed by atoms with E-state index >= 15 is 0 Å². The third-order valence-corrected chi connectivity index (χ3v) is 4.86. The summed E-state index contributed by atoms with van der Waals surface area (Å²) in [6, 6.07) is 3.18. The molecule has 0 amide bonds. The van der Waals surface area contributed by atoms with Gasteiger partial charge < -0.3 is 14.2 Å². The first-order chi connectivity index (χ1) is 12.7. The van der Waals surface area contributed by atoms with Gasteiger partial charge in [0.1, 0.15) is 0 Å². The summed E-state index contributed by atoms with van der Waals surface area (Å²) < 4.78 is 18.3. The molecule has 142 valence electrons. The number of benzene rings is 1. The number of aromatic nitrogens is 2. The van der Waals surface area contributed by atoms with E-state index in [-0.39, 0.29) is 5.82 Å². The lowest BCUT2D eigenvalue weighted by atomic mass is 10.1. The molecule has 1 aliphatic rings. The molecule has 1 aromatic heterocycles. The van der Waals surface area contributed by atoms with Gasteiger partial charge in [0.05, 0.1) is 27.2 Å². The van der Waals surface area contributed by atoms with Crippen LogP contribution in [0.5, 0.6) is 0 Å². The van der Waals surface area contributed by atoms with E-state index < -0.39 is 36.5 Å². The normalized spacial score (nSPS) is 24.6. The molecule has 4 atom stereocenters. The summed E-state index contributed by atoms with van der Waals surface area (Å²) in [6.07, 6.45) is 2.48. The fraction of sp³-hybridized carbons (Fsp3) is 0.389. The number of halogens is 2. The van der Waals surface area contributed by atoms with Crippen LogP contribution in [-0.2, 0) is 23.8 Å². The van der Waals surface area contributed by atoms with Crippen LogP contribution in [0.3, 0.4) is 0 Å². The maximum atomic E-state index is 11.6. The van der Waals surface area contributed by atoms with Crippen molar-refractivity contribution in [3.05, 3.63) is 28.0 Å². The minimum atomic E-state index is -0.916. The standard InChI is InChI=1S/C18H16Cl2N2O5/c1-5-15-21-13-6-11(19)12(20)7-14(13)22(15)18-17(27-10(4)24)16(8(2)25-18)26-9(3)23/h1,6-8,16-18H,2-4H3/t8-,16-,17-,18-/m1/s1. The molecule has 0 aliphatic carbocycles. The molecule has 1 aliphatic heterocycles. The Morgan fingerprint density at radius 1 is 1.19 bits per heavy atom. The lowest BCUT2D eigenvalue weighted by Crippen LogP contribution is -2.38. The van der Waals surface area contributed by atoms with E-state index in [2.05, 4.69) is 10.9 Å². The number of fused-ring (bicyclic) bond motifs is 1. The molecule has 0 spiro atoms. The Kier molecular flexibility index (Phi) is 5.33. The van der Waals surface area contributed by atoms with Crippen molar-refractivity contribution >= 4 is 46.2 Å². The van der Waals surface area contributed by atoms with Crippen LogP contribution in [0.1, 0.15) is 32.8 Å². The summed E-state index contributed by atoms with van der Waals surface area (Å²) in [4.78, 5) is 27.5. The molecular weight excluding hydrogens is 395 g/mol. The van der Waals surface area contributed by atoms with E-state index in [0.29, 0.717) is 21.1 Å². The van der Waals surface area contributed by atoms with Crippen LogP contribution < -0.4 is 0 Å². The molecule has 7 nitrogen and oxygen atoms in total.